The van der Waals surface area contributed by atoms with Gasteiger partial charge in [-0.3, -0.25) is 9.59 Å². The van der Waals surface area contributed by atoms with Crippen LogP contribution in [0.1, 0.15) is 46.0 Å². The minimum atomic E-state index is -0.850. The molecule has 0 aromatic rings. The molecule has 1 heterocycles. The number of hydrogen-bond donors (Lipinski definition) is 3. The quantitative estimate of drug-likeness (QED) is 0.677. The van der Waals surface area contributed by atoms with Gasteiger partial charge in [-0.1, -0.05) is 13.3 Å². The number of piperidine rings is 1. The zero-order valence-electron chi connectivity index (χ0n) is 12.7. The molecule has 2 unspecified atom stereocenters. The van der Waals surface area contributed by atoms with Crippen molar-refractivity contribution in [3.05, 3.63) is 0 Å². The number of urea groups is 1. The first kappa shape index (κ1) is 17.3. The lowest BCUT2D eigenvalue weighted by molar-refractivity contribution is -0.152. The van der Waals surface area contributed by atoms with E-state index in [1.807, 2.05) is 6.92 Å². The van der Waals surface area contributed by atoms with Crippen molar-refractivity contribution in [2.75, 3.05) is 13.1 Å². The number of nitrogens with one attached hydrogen (secondary N) is 1. The maximum Gasteiger partial charge on any atom is 0.317 e. The summed E-state index contributed by atoms with van der Waals surface area (Å²) in [7, 11) is 0. The molecule has 120 valence electrons. The number of amides is 3. The van der Waals surface area contributed by atoms with Crippen molar-refractivity contribution in [3.8, 4) is 0 Å². The van der Waals surface area contributed by atoms with Crippen molar-refractivity contribution in [3.63, 3.8) is 0 Å². The molecule has 0 aromatic heterocycles. The van der Waals surface area contributed by atoms with Crippen molar-refractivity contribution >= 4 is 17.9 Å². The standard InChI is InChI=1S/C14H25N3O4/c1-3-5-14(12(19)20)6-4-7-17(9-14)13(21)16-10(2)8-11(15)18/h10H,3-9H2,1-2H3,(H2,15,18)(H,16,21)(H,19,20). The zero-order chi connectivity index (χ0) is 16.0. The fraction of sp³-hybridized carbons (Fsp3) is 0.786. The van der Waals surface area contributed by atoms with Gasteiger partial charge in [-0.15, -0.1) is 0 Å². The fourth-order valence-corrected chi connectivity index (χ4v) is 2.92. The Morgan fingerprint density at radius 1 is 1.43 bits per heavy atom. The predicted molar refractivity (Wildman–Crippen MR) is 77.6 cm³/mol. The summed E-state index contributed by atoms with van der Waals surface area (Å²) in [6, 6.07) is -0.687. The summed E-state index contributed by atoms with van der Waals surface area (Å²) in [6.07, 6.45) is 2.65. The number of carbonyl (C=O) groups excluding carboxylic acids is 2. The van der Waals surface area contributed by atoms with Crippen LogP contribution in [0.25, 0.3) is 0 Å². The molecule has 1 saturated heterocycles. The van der Waals surface area contributed by atoms with Crippen LogP contribution in [0.3, 0.4) is 0 Å². The SMILES string of the molecule is CCCC1(C(=O)O)CCCN(C(=O)NC(C)CC(N)=O)C1. The lowest BCUT2D eigenvalue weighted by Gasteiger charge is -2.40. The number of nitrogens with two attached hydrogens (primary N) is 1. The van der Waals surface area contributed by atoms with Crippen LogP contribution in [0.2, 0.25) is 0 Å². The van der Waals surface area contributed by atoms with Gasteiger partial charge in [0.05, 0.1) is 5.41 Å². The van der Waals surface area contributed by atoms with Gasteiger partial charge in [0.15, 0.2) is 0 Å². The maximum absolute atomic E-state index is 12.2. The highest BCUT2D eigenvalue weighted by Crippen LogP contribution is 2.35. The number of aliphatic carboxylic acids is 1. The normalized spacial score (nSPS) is 23.4. The molecule has 0 aliphatic carbocycles. The molecule has 1 rings (SSSR count). The molecule has 7 heteroatoms. The summed E-state index contributed by atoms with van der Waals surface area (Å²) >= 11 is 0. The number of primary amides is 1. The third-order valence-electron chi connectivity index (χ3n) is 3.92. The molecule has 0 bridgehead atoms. The van der Waals surface area contributed by atoms with Crippen LogP contribution < -0.4 is 11.1 Å². The van der Waals surface area contributed by atoms with E-state index in [4.69, 9.17) is 5.73 Å². The molecule has 4 N–H and O–H groups in total. The molecule has 2 atom stereocenters. The van der Waals surface area contributed by atoms with Crippen LogP contribution in [0.5, 0.6) is 0 Å². The van der Waals surface area contributed by atoms with Gasteiger partial charge >= 0.3 is 12.0 Å². The molecule has 1 aliphatic rings. The molecular formula is C14H25N3O4. The Morgan fingerprint density at radius 3 is 2.62 bits per heavy atom. The van der Waals surface area contributed by atoms with Gasteiger partial charge in [0.25, 0.3) is 0 Å². The van der Waals surface area contributed by atoms with E-state index < -0.39 is 17.3 Å². The average Bonchev–Trinajstić information content (AvgIpc) is 2.38. The number of carbonyl (C=O) groups is 3. The Labute approximate surface area is 124 Å². The minimum Gasteiger partial charge on any atom is -0.481 e. The largest absolute Gasteiger partial charge is 0.481 e. The predicted octanol–water partition coefficient (Wildman–Crippen LogP) is 0.927. The second-order valence-corrected chi connectivity index (χ2v) is 5.88. The highest BCUT2D eigenvalue weighted by Gasteiger charge is 2.42. The second kappa shape index (κ2) is 7.28. The van der Waals surface area contributed by atoms with Gasteiger partial charge in [-0.05, 0) is 26.2 Å². The van der Waals surface area contributed by atoms with Crippen molar-refractivity contribution in [2.45, 2.75) is 52.0 Å². The Bertz CT molecular complexity index is 409. The smallest absolute Gasteiger partial charge is 0.317 e. The van der Waals surface area contributed by atoms with E-state index in [0.717, 1.165) is 6.42 Å². The molecule has 7 nitrogen and oxygen atoms in total. The lowest BCUT2D eigenvalue weighted by atomic mass is 9.76. The molecular weight excluding hydrogens is 274 g/mol. The van der Waals surface area contributed by atoms with E-state index in [1.54, 1.807) is 6.92 Å². The van der Waals surface area contributed by atoms with Crippen molar-refractivity contribution < 1.29 is 19.5 Å². The van der Waals surface area contributed by atoms with Crippen LogP contribution in [0.15, 0.2) is 0 Å². The monoisotopic (exact) mass is 299 g/mol. The first-order valence-electron chi connectivity index (χ1n) is 7.38. The number of hydrogen-bond acceptors (Lipinski definition) is 3. The van der Waals surface area contributed by atoms with Crippen LogP contribution >= 0.6 is 0 Å². The van der Waals surface area contributed by atoms with Gasteiger partial charge in [0.2, 0.25) is 5.91 Å². The molecule has 21 heavy (non-hydrogen) atoms. The molecule has 0 aromatic carbocycles. The Hall–Kier alpha value is -1.79. The first-order valence-corrected chi connectivity index (χ1v) is 7.38. The fourth-order valence-electron chi connectivity index (χ4n) is 2.92. The Morgan fingerprint density at radius 2 is 2.10 bits per heavy atom. The molecule has 1 aliphatic heterocycles. The van der Waals surface area contributed by atoms with Gasteiger partial charge < -0.3 is 21.1 Å². The van der Waals surface area contributed by atoms with Crippen LogP contribution in [-0.4, -0.2) is 47.0 Å². The molecule has 0 radical (unpaired) electrons. The summed E-state index contributed by atoms with van der Waals surface area (Å²) in [6.45, 7) is 4.39. The zero-order valence-corrected chi connectivity index (χ0v) is 12.7. The van der Waals surface area contributed by atoms with Crippen LogP contribution in [-0.2, 0) is 9.59 Å². The molecule has 0 saturated carbocycles. The highest BCUT2D eigenvalue weighted by atomic mass is 16.4. The van der Waals surface area contributed by atoms with Crippen molar-refractivity contribution in [1.82, 2.24) is 10.2 Å². The number of nitrogens with zero attached hydrogens (tertiary/aromatic N) is 1. The summed E-state index contributed by atoms with van der Waals surface area (Å²) in [5.74, 6) is -1.32. The van der Waals surface area contributed by atoms with E-state index in [0.29, 0.717) is 25.8 Å². The van der Waals surface area contributed by atoms with Gasteiger partial charge in [0, 0.05) is 25.6 Å². The molecule has 0 spiro atoms. The molecule has 1 fully saturated rings. The summed E-state index contributed by atoms with van der Waals surface area (Å²) < 4.78 is 0. The van der Waals surface area contributed by atoms with E-state index >= 15 is 0 Å². The van der Waals surface area contributed by atoms with E-state index in [-0.39, 0.29) is 25.0 Å². The van der Waals surface area contributed by atoms with Crippen molar-refractivity contribution in [2.24, 2.45) is 11.1 Å². The van der Waals surface area contributed by atoms with Gasteiger partial charge in [-0.2, -0.15) is 0 Å². The Kier molecular flexibility index (Phi) is 5.99. The third kappa shape index (κ3) is 4.61. The minimum absolute atomic E-state index is 0.0681. The van der Waals surface area contributed by atoms with Crippen LogP contribution in [0.4, 0.5) is 4.79 Å². The summed E-state index contributed by atoms with van der Waals surface area (Å²) in [5, 5.41) is 12.2. The van der Waals surface area contributed by atoms with E-state index in [9.17, 15) is 19.5 Å². The average molecular weight is 299 g/mol. The number of rotatable bonds is 6. The second-order valence-electron chi connectivity index (χ2n) is 5.88. The summed E-state index contributed by atoms with van der Waals surface area (Å²) in [4.78, 5) is 36.1. The van der Waals surface area contributed by atoms with Gasteiger partial charge in [-0.25, -0.2) is 4.79 Å². The topological polar surface area (TPSA) is 113 Å². The van der Waals surface area contributed by atoms with Crippen LogP contribution in [0, 0.1) is 5.41 Å². The summed E-state index contributed by atoms with van der Waals surface area (Å²) in [5.41, 5.74) is 4.24. The number of carboxylic acid groups (broad SMARTS) is 1. The van der Waals surface area contributed by atoms with E-state index in [2.05, 4.69) is 5.32 Å². The lowest BCUT2D eigenvalue weighted by Crippen LogP contribution is -2.54. The number of carboxylic acids is 1. The molecule has 3 amide bonds. The van der Waals surface area contributed by atoms with Gasteiger partial charge in [0.1, 0.15) is 0 Å². The first-order chi connectivity index (χ1) is 9.80. The Balaban J connectivity index is 2.68. The maximum atomic E-state index is 12.2. The van der Waals surface area contributed by atoms with Crippen molar-refractivity contribution in [1.29, 1.82) is 0 Å². The third-order valence-corrected chi connectivity index (χ3v) is 3.92. The highest BCUT2D eigenvalue weighted by molar-refractivity contribution is 5.80. The number of likely N-dealkylation sites (tertiary alicyclic amines) is 1. The van der Waals surface area contributed by atoms with E-state index in [1.165, 1.54) is 4.90 Å².